The van der Waals surface area contributed by atoms with E-state index in [1.165, 1.54) is 34.8 Å². The monoisotopic (exact) mass is 434 g/mol. The summed E-state index contributed by atoms with van der Waals surface area (Å²) >= 11 is 6.30. The van der Waals surface area contributed by atoms with Crippen LogP contribution in [0.15, 0.2) is 24.3 Å². The van der Waals surface area contributed by atoms with Crippen molar-refractivity contribution in [1.82, 2.24) is 0 Å². The summed E-state index contributed by atoms with van der Waals surface area (Å²) < 4.78 is 1.33. The second-order valence-electron chi connectivity index (χ2n) is 6.98. The molecule has 0 radical (unpaired) electrons. The van der Waals surface area contributed by atoms with Gasteiger partial charge in [0.1, 0.15) is 0 Å². The van der Waals surface area contributed by atoms with Crippen LogP contribution in [0.25, 0.3) is 0 Å². The second kappa shape index (κ2) is 6.46. The molecule has 3 atom stereocenters. The predicted octanol–water partition coefficient (Wildman–Crippen LogP) is 6.06. The molecular weight excluding hydrogens is 411 g/mol. The minimum Gasteiger partial charge on any atom is -0.0888 e. The van der Waals surface area contributed by atoms with Gasteiger partial charge in [-0.25, -0.2) is 0 Å². The maximum atomic E-state index is 3.92. The summed E-state index contributed by atoms with van der Waals surface area (Å²) in [4.78, 5) is 0.699. The molecule has 1 aromatic rings. The fourth-order valence-electron chi connectivity index (χ4n) is 3.15. The van der Waals surface area contributed by atoms with Gasteiger partial charge in [0, 0.05) is 8.40 Å². The third-order valence-electron chi connectivity index (χ3n) is 4.53. The van der Waals surface area contributed by atoms with Gasteiger partial charge in [0.25, 0.3) is 0 Å². The van der Waals surface area contributed by atoms with E-state index in [1.54, 1.807) is 0 Å². The SMILES string of the molecule is CC(C)(C)C1CCC(Br)C(Cc2ccc(I)cc2)C1. The van der Waals surface area contributed by atoms with Crippen LogP contribution in [0.5, 0.6) is 0 Å². The Kier molecular flexibility index (Phi) is 5.38. The van der Waals surface area contributed by atoms with Gasteiger partial charge in [-0.05, 0) is 83.2 Å². The first-order valence-corrected chi connectivity index (χ1v) is 9.24. The van der Waals surface area contributed by atoms with Gasteiger partial charge in [-0.3, -0.25) is 0 Å². The fraction of sp³-hybridized carbons (Fsp3) is 0.647. The van der Waals surface area contributed by atoms with Gasteiger partial charge in [0.15, 0.2) is 0 Å². The van der Waals surface area contributed by atoms with Crippen molar-refractivity contribution in [2.75, 3.05) is 0 Å². The van der Waals surface area contributed by atoms with Crippen molar-refractivity contribution in [1.29, 1.82) is 0 Å². The van der Waals surface area contributed by atoms with Crippen LogP contribution in [-0.4, -0.2) is 4.83 Å². The first-order valence-electron chi connectivity index (χ1n) is 7.25. The lowest BCUT2D eigenvalue weighted by molar-refractivity contribution is 0.146. The number of halogens is 2. The second-order valence-corrected chi connectivity index (χ2v) is 9.40. The summed E-state index contributed by atoms with van der Waals surface area (Å²) in [5.74, 6) is 1.66. The summed E-state index contributed by atoms with van der Waals surface area (Å²) in [6, 6.07) is 9.04. The Morgan fingerprint density at radius 2 is 1.79 bits per heavy atom. The zero-order valence-electron chi connectivity index (χ0n) is 12.1. The van der Waals surface area contributed by atoms with Crippen molar-refractivity contribution in [2.45, 2.75) is 51.3 Å². The molecule has 0 bridgehead atoms. The van der Waals surface area contributed by atoms with E-state index in [-0.39, 0.29) is 0 Å². The number of rotatable bonds is 2. The normalized spacial score (nSPS) is 28.4. The molecule has 2 heteroatoms. The quantitative estimate of drug-likeness (QED) is 0.392. The van der Waals surface area contributed by atoms with Crippen molar-refractivity contribution >= 4 is 38.5 Å². The standard InChI is InChI=1S/C17H24BrI/c1-17(2,3)14-6-9-16(18)13(11-14)10-12-4-7-15(19)8-5-12/h4-5,7-8,13-14,16H,6,9-11H2,1-3H3. The van der Waals surface area contributed by atoms with Crippen LogP contribution in [0, 0.1) is 20.8 Å². The fourth-order valence-corrected chi connectivity index (χ4v) is 4.17. The summed E-state index contributed by atoms with van der Waals surface area (Å²) in [6.45, 7) is 7.19. The van der Waals surface area contributed by atoms with E-state index in [0.717, 1.165) is 11.8 Å². The molecule has 0 saturated heterocycles. The first-order chi connectivity index (χ1) is 8.86. The Morgan fingerprint density at radius 1 is 1.16 bits per heavy atom. The van der Waals surface area contributed by atoms with E-state index in [0.29, 0.717) is 10.2 Å². The highest BCUT2D eigenvalue weighted by Crippen LogP contribution is 2.43. The molecule has 1 aliphatic carbocycles. The Bertz CT molecular complexity index is 404. The largest absolute Gasteiger partial charge is 0.0888 e. The maximum absolute atomic E-state index is 3.92. The average molecular weight is 435 g/mol. The van der Waals surface area contributed by atoms with Gasteiger partial charge in [-0.15, -0.1) is 0 Å². The molecule has 1 aromatic carbocycles. The molecule has 19 heavy (non-hydrogen) atoms. The maximum Gasteiger partial charge on any atom is 0.0177 e. The third kappa shape index (κ3) is 4.45. The Labute approximate surface area is 140 Å². The van der Waals surface area contributed by atoms with E-state index in [4.69, 9.17) is 0 Å². The minimum absolute atomic E-state index is 0.456. The molecule has 106 valence electrons. The lowest BCUT2D eigenvalue weighted by Gasteiger charge is -2.40. The van der Waals surface area contributed by atoms with Crippen LogP contribution in [0.3, 0.4) is 0 Å². The summed E-state index contributed by atoms with van der Waals surface area (Å²) in [5, 5.41) is 0. The Balaban J connectivity index is 2.03. The molecule has 0 aliphatic heterocycles. The van der Waals surface area contributed by atoms with Crippen molar-refractivity contribution in [2.24, 2.45) is 17.3 Å². The molecule has 0 nitrogen and oxygen atoms in total. The van der Waals surface area contributed by atoms with Crippen molar-refractivity contribution < 1.29 is 0 Å². The predicted molar refractivity (Wildman–Crippen MR) is 95.9 cm³/mol. The zero-order valence-corrected chi connectivity index (χ0v) is 15.9. The zero-order chi connectivity index (χ0) is 14.0. The molecule has 3 unspecified atom stereocenters. The molecule has 0 N–H and O–H groups in total. The average Bonchev–Trinajstić information content (AvgIpc) is 2.33. The van der Waals surface area contributed by atoms with Crippen LogP contribution in [0.2, 0.25) is 0 Å². The smallest absolute Gasteiger partial charge is 0.0177 e. The lowest BCUT2D eigenvalue weighted by atomic mass is 9.68. The Hall–Kier alpha value is 0.430. The van der Waals surface area contributed by atoms with Crippen molar-refractivity contribution in [3.63, 3.8) is 0 Å². The van der Waals surface area contributed by atoms with Gasteiger partial charge >= 0.3 is 0 Å². The van der Waals surface area contributed by atoms with Crippen LogP contribution in [0.1, 0.15) is 45.6 Å². The summed E-state index contributed by atoms with van der Waals surface area (Å²) in [7, 11) is 0. The summed E-state index contributed by atoms with van der Waals surface area (Å²) in [6.07, 6.45) is 5.30. The van der Waals surface area contributed by atoms with E-state index in [1.807, 2.05) is 0 Å². The van der Waals surface area contributed by atoms with E-state index >= 15 is 0 Å². The lowest BCUT2D eigenvalue weighted by Crippen LogP contribution is -2.33. The molecular formula is C17H24BrI. The van der Waals surface area contributed by atoms with Crippen LogP contribution in [-0.2, 0) is 6.42 Å². The molecule has 0 amide bonds. The number of alkyl halides is 1. The molecule has 0 spiro atoms. The third-order valence-corrected chi connectivity index (χ3v) is 6.45. The summed E-state index contributed by atoms with van der Waals surface area (Å²) in [5.41, 5.74) is 1.95. The van der Waals surface area contributed by atoms with Gasteiger partial charge < -0.3 is 0 Å². The van der Waals surface area contributed by atoms with Crippen LogP contribution >= 0.6 is 38.5 Å². The minimum atomic E-state index is 0.456. The van der Waals surface area contributed by atoms with E-state index in [9.17, 15) is 0 Å². The van der Waals surface area contributed by atoms with Gasteiger partial charge in [-0.1, -0.05) is 48.8 Å². The molecule has 1 aliphatic rings. The molecule has 1 fully saturated rings. The molecule has 0 aromatic heterocycles. The van der Waals surface area contributed by atoms with Crippen LogP contribution in [0.4, 0.5) is 0 Å². The van der Waals surface area contributed by atoms with Crippen molar-refractivity contribution in [3.05, 3.63) is 33.4 Å². The molecule has 2 rings (SSSR count). The highest BCUT2D eigenvalue weighted by Gasteiger charge is 2.34. The number of hydrogen-bond acceptors (Lipinski definition) is 0. The van der Waals surface area contributed by atoms with Gasteiger partial charge in [0.2, 0.25) is 0 Å². The van der Waals surface area contributed by atoms with Gasteiger partial charge in [0.05, 0.1) is 0 Å². The van der Waals surface area contributed by atoms with Crippen LogP contribution < -0.4 is 0 Å². The number of hydrogen-bond donors (Lipinski definition) is 0. The molecule has 0 heterocycles. The van der Waals surface area contributed by atoms with E-state index < -0.39 is 0 Å². The molecule has 1 saturated carbocycles. The highest BCUT2D eigenvalue weighted by atomic mass is 127. The highest BCUT2D eigenvalue weighted by molar-refractivity contribution is 14.1. The Morgan fingerprint density at radius 3 is 2.37 bits per heavy atom. The van der Waals surface area contributed by atoms with Crippen molar-refractivity contribution in [3.8, 4) is 0 Å². The topological polar surface area (TPSA) is 0 Å². The first kappa shape index (κ1) is 15.8. The van der Waals surface area contributed by atoms with Gasteiger partial charge in [-0.2, -0.15) is 0 Å². The van der Waals surface area contributed by atoms with E-state index in [2.05, 4.69) is 83.6 Å². The number of benzene rings is 1.